The maximum atomic E-state index is 12.9. The zero-order valence-corrected chi connectivity index (χ0v) is 17.4. The van der Waals surface area contributed by atoms with Crippen LogP contribution >= 0.6 is 11.8 Å². The molecule has 6 nitrogen and oxygen atoms in total. The molecule has 152 valence electrons. The molecule has 29 heavy (non-hydrogen) atoms. The minimum atomic E-state index is -3.83. The van der Waals surface area contributed by atoms with Crippen LogP contribution in [0.4, 0.5) is 5.69 Å². The number of aryl methyl sites for hydroxylation is 1. The third-order valence-electron chi connectivity index (χ3n) is 4.44. The molecule has 0 aliphatic carbocycles. The molecule has 0 aliphatic rings. The third kappa shape index (κ3) is 4.83. The first-order valence-electron chi connectivity index (χ1n) is 9.03. The summed E-state index contributed by atoms with van der Waals surface area (Å²) < 4.78 is 28.4. The summed E-state index contributed by atoms with van der Waals surface area (Å²) in [5, 5.41) is 20.5. The summed E-state index contributed by atoms with van der Waals surface area (Å²) in [4.78, 5) is 11.3. The number of rotatable bonds is 8. The number of sulfonamides is 1. The van der Waals surface area contributed by atoms with Gasteiger partial charge < -0.3 is 10.2 Å². The van der Waals surface area contributed by atoms with Gasteiger partial charge in [0, 0.05) is 16.5 Å². The van der Waals surface area contributed by atoms with Crippen molar-refractivity contribution in [3.05, 3.63) is 60.2 Å². The molecule has 8 heteroatoms. The normalized spacial score (nSPS) is 11.5. The van der Waals surface area contributed by atoms with Crippen LogP contribution in [0.2, 0.25) is 0 Å². The van der Waals surface area contributed by atoms with Gasteiger partial charge in [-0.1, -0.05) is 43.3 Å². The average molecular weight is 432 g/mol. The van der Waals surface area contributed by atoms with Gasteiger partial charge in [0.05, 0.1) is 21.9 Å². The van der Waals surface area contributed by atoms with E-state index in [4.69, 9.17) is 5.11 Å². The van der Waals surface area contributed by atoms with Gasteiger partial charge in [0.25, 0.3) is 10.0 Å². The molecule has 0 atom stereocenters. The van der Waals surface area contributed by atoms with Gasteiger partial charge in [-0.3, -0.25) is 9.52 Å². The molecule has 3 N–H and O–H groups in total. The highest BCUT2D eigenvalue weighted by Crippen LogP contribution is 2.40. The lowest BCUT2D eigenvalue weighted by Crippen LogP contribution is -2.13. The Morgan fingerprint density at radius 3 is 2.34 bits per heavy atom. The van der Waals surface area contributed by atoms with Crippen molar-refractivity contribution >= 4 is 44.2 Å². The second kappa shape index (κ2) is 8.75. The van der Waals surface area contributed by atoms with Crippen molar-refractivity contribution in [1.82, 2.24) is 0 Å². The maximum absolute atomic E-state index is 12.9. The Kier molecular flexibility index (Phi) is 6.34. The second-order valence-corrected chi connectivity index (χ2v) is 9.23. The number of carboxylic acid groups (broad SMARTS) is 1. The summed E-state index contributed by atoms with van der Waals surface area (Å²) in [5.74, 6) is -0.674. The summed E-state index contributed by atoms with van der Waals surface area (Å²) in [6.45, 7) is 1.99. The number of anilines is 1. The van der Waals surface area contributed by atoms with E-state index in [0.29, 0.717) is 21.4 Å². The third-order valence-corrected chi connectivity index (χ3v) is 6.85. The quantitative estimate of drug-likeness (QED) is 0.359. The number of phenols is 1. The van der Waals surface area contributed by atoms with E-state index in [0.717, 1.165) is 12.0 Å². The van der Waals surface area contributed by atoms with Gasteiger partial charge in [-0.05, 0) is 30.2 Å². The van der Waals surface area contributed by atoms with Crippen molar-refractivity contribution in [2.75, 3.05) is 10.5 Å². The van der Waals surface area contributed by atoms with E-state index in [1.807, 2.05) is 6.92 Å². The molecule has 3 rings (SSSR count). The number of aliphatic carboxylic acids is 1. The summed E-state index contributed by atoms with van der Waals surface area (Å²) in [6, 6.07) is 15.1. The van der Waals surface area contributed by atoms with Gasteiger partial charge in [0.1, 0.15) is 5.75 Å². The molecule has 0 radical (unpaired) electrons. The topological polar surface area (TPSA) is 104 Å². The summed E-state index contributed by atoms with van der Waals surface area (Å²) in [7, 11) is -3.83. The lowest BCUT2D eigenvalue weighted by Gasteiger charge is -2.15. The van der Waals surface area contributed by atoms with E-state index < -0.39 is 16.0 Å². The number of nitrogens with one attached hydrogen (secondary N) is 1. The first-order chi connectivity index (χ1) is 13.8. The smallest absolute Gasteiger partial charge is 0.304 e. The van der Waals surface area contributed by atoms with Crippen LogP contribution in [0.5, 0.6) is 5.75 Å². The molecule has 0 aromatic heterocycles. The molecule has 0 bridgehead atoms. The van der Waals surface area contributed by atoms with Crippen molar-refractivity contribution in [3.8, 4) is 5.75 Å². The van der Waals surface area contributed by atoms with Gasteiger partial charge in [0.2, 0.25) is 0 Å². The van der Waals surface area contributed by atoms with E-state index in [1.54, 1.807) is 54.6 Å². The van der Waals surface area contributed by atoms with Crippen LogP contribution in [0, 0.1) is 0 Å². The first-order valence-corrected chi connectivity index (χ1v) is 11.5. The predicted octanol–water partition coefficient (Wildman–Crippen LogP) is 4.48. The van der Waals surface area contributed by atoms with Crippen LogP contribution < -0.4 is 4.72 Å². The standard InChI is InChI=1S/C21H21NO5S2/c1-2-14-7-9-15(10-8-14)29(26,27)22-18-13-19(28-12-11-20(23)24)21(25)17-6-4-3-5-16(17)18/h3-10,13,22,25H,2,11-12H2,1H3,(H,23,24). The SMILES string of the molecule is CCc1ccc(S(=O)(=O)Nc2cc(SCCC(=O)O)c(O)c3ccccc23)cc1. The highest BCUT2D eigenvalue weighted by atomic mass is 32.2. The van der Waals surface area contributed by atoms with Crippen molar-refractivity contribution in [3.63, 3.8) is 0 Å². The Labute approximate surface area is 173 Å². The average Bonchev–Trinajstić information content (AvgIpc) is 2.71. The number of phenolic OH excluding ortho intramolecular Hbond substituents is 1. The highest BCUT2D eigenvalue weighted by molar-refractivity contribution is 7.99. The van der Waals surface area contributed by atoms with Gasteiger partial charge in [-0.15, -0.1) is 11.8 Å². The fraction of sp³-hybridized carbons (Fsp3) is 0.190. The molecule has 3 aromatic carbocycles. The minimum Gasteiger partial charge on any atom is -0.506 e. The van der Waals surface area contributed by atoms with Crippen LogP contribution in [0.3, 0.4) is 0 Å². The lowest BCUT2D eigenvalue weighted by atomic mass is 10.1. The van der Waals surface area contributed by atoms with Crippen molar-refractivity contribution < 1.29 is 23.4 Å². The lowest BCUT2D eigenvalue weighted by molar-refractivity contribution is -0.136. The van der Waals surface area contributed by atoms with Crippen molar-refractivity contribution in [2.45, 2.75) is 29.6 Å². The molecule has 0 saturated heterocycles. The summed E-state index contributed by atoms with van der Waals surface area (Å²) in [6.07, 6.45) is 0.745. The number of benzene rings is 3. The predicted molar refractivity (Wildman–Crippen MR) is 115 cm³/mol. The highest BCUT2D eigenvalue weighted by Gasteiger charge is 2.18. The van der Waals surface area contributed by atoms with Crippen molar-refractivity contribution in [2.24, 2.45) is 0 Å². The second-order valence-electron chi connectivity index (χ2n) is 6.41. The van der Waals surface area contributed by atoms with Crippen LogP contribution in [-0.2, 0) is 21.2 Å². The van der Waals surface area contributed by atoms with Crippen molar-refractivity contribution in [1.29, 1.82) is 0 Å². The fourth-order valence-electron chi connectivity index (χ4n) is 2.89. The Morgan fingerprint density at radius 2 is 1.72 bits per heavy atom. The van der Waals surface area contributed by atoms with Gasteiger partial charge in [-0.25, -0.2) is 8.42 Å². The zero-order chi connectivity index (χ0) is 21.0. The summed E-state index contributed by atoms with van der Waals surface area (Å²) >= 11 is 1.17. The fourth-order valence-corrected chi connectivity index (χ4v) is 4.90. The van der Waals surface area contributed by atoms with E-state index in [2.05, 4.69) is 4.72 Å². The maximum Gasteiger partial charge on any atom is 0.304 e. The van der Waals surface area contributed by atoms with Crippen LogP contribution in [0.25, 0.3) is 10.8 Å². The largest absolute Gasteiger partial charge is 0.506 e. The van der Waals surface area contributed by atoms with E-state index in [1.165, 1.54) is 11.8 Å². The molecule has 0 heterocycles. The van der Waals surface area contributed by atoms with Crippen LogP contribution in [0.15, 0.2) is 64.4 Å². The Hall–Kier alpha value is -2.71. The number of hydrogen-bond donors (Lipinski definition) is 3. The number of carboxylic acids is 1. The molecule has 0 spiro atoms. The van der Waals surface area contributed by atoms with E-state index in [-0.39, 0.29) is 22.8 Å². The number of carbonyl (C=O) groups is 1. The van der Waals surface area contributed by atoms with Gasteiger partial charge in [0.15, 0.2) is 0 Å². The molecule has 3 aromatic rings. The number of aromatic hydroxyl groups is 1. The Morgan fingerprint density at radius 1 is 1.07 bits per heavy atom. The van der Waals surface area contributed by atoms with E-state index in [9.17, 15) is 18.3 Å². The number of fused-ring (bicyclic) bond motifs is 1. The van der Waals surface area contributed by atoms with Crippen LogP contribution in [-0.4, -0.2) is 30.4 Å². The zero-order valence-electron chi connectivity index (χ0n) is 15.8. The molecular formula is C21H21NO5S2. The minimum absolute atomic E-state index is 0.00577. The van der Waals surface area contributed by atoms with Crippen LogP contribution in [0.1, 0.15) is 18.9 Å². The summed E-state index contributed by atoms with van der Waals surface area (Å²) in [5.41, 5.74) is 1.37. The van der Waals surface area contributed by atoms with Gasteiger partial charge in [-0.2, -0.15) is 0 Å². The monoisotopic (exact) mass is 431 g/mol. The molecule has 0 fully saturated rings. The number of thioether (sulfide) groups is 1. The Bertz CT molecular complexity index is 1140. The van der Waals surface area contributed by atoms with Gasteiger partial charge >= 0.3 is 5.97 Å². The molecule has 0 unspecified atom stereocenters. The molecule has 0 amide bonds. The first kappa shape index (κ1) is 21.0. The Balaban J connectivity index is 2.00. The molecule has 0 saturated carbocycles. The molecule has 0 aliphatic heterocycles. The molecular weight excluding hydrogens is 410 g/mol. The number of hydrogen-bond acceptors (Lipinski definition) is 5. The van der Waals surface area contributed by atoms with E-state index >= 15 is 0 Å².